The first kappa shape index (κ1) is 25.4. The summed E-state index contributed by atoms with van der Waals surface area (Å²) in [6, 6.07) is 18.4. The van der Waals surface area contributed by atoms with Crippen LogP contribution in [0.1, 0.15) is 11.1 Å². The topological polar surface area (TPSA) is 84.9 Å². The number of carbonyl (C=O) groups excluding carboxylic acids is 1. The molecule has 34 heavy (non-hydrogen) atoms. The van der Waals surface area contributed by atoms with E-state index in [-0.39, 0.29) is 11.4 Å². The highest BCUT2D eigenvalue weighted by Crippen LogP contribution is 2.28. The van der Waals surface area contributed by atoms with Crippen LogP contribution in [0.25, 0.3) is 0 Å². The first-order chi connectivity index (χ1) is 16.2. The van der Waals surface area contributed by atoms with Gasteiger partial charge in [-0.1, -0.05) is 29.8 Å². The van der Waals surface area contributed by atoms with E-state index in [1.54, 1.807) is 38.5 Å². The molecule has 0 aliphatic heterocycles. The maximum atomic E-state index is 13.4. The summed E-state index contributed by atoms with van der Waals surface area (Å²) in [5, 5.41) is 3.23. The molecule has 0 saturated carbocycles. The van der Waals surface area contributed by atoms with E-state index in [0.717, 1.165) is 15.4 Å². The minimum absolute atomic E-state index is 0.0523. The predicted octanol–water partition coefficient (Wildman–Crippen LogP) is 4.22. The molecule has 0 aliphatic rings. The third-order valence-electron chi connectivity index (χ3n) is 5.16. The molecule has 0 unspecified atom stereocenters. The van der Waals surface area contributed by atoms with Gasteiger partial charge in [0.15, 0.2) is 11.5 Å². The average molecular weight is 503 g/mol. The van der Waals surface area contributed by atoms with Gasteiger partial charge in [-0.25, -0.2) is 8.42 Å². The molecule has 0 spiro atoms. The smallest absolute Gasteiger partial charge is 0.264 e. The molecule has 0 bridgehead atoms. The average Bonchev–Trinajstić information content (AvgIpc) is 2.82. The van der Waals surface area contributed by atoms with E-state index in [9.17, 15) is 13.2 Å². The van der Waals surface area contributed by atoms with Crippen molar-refractivity contribution in [1.82, 2.24) is 5.32 Å². The number of amides is 1. The van der Waals surface area contributed by atoms with Gasteiger partial charge in [0, 0.05) is 11.6 Å². The lowest BCUT2D eigenvalue weighted by atomic mass is 10.1. The van der Waals surface area contributed by atoms with Crippen LogP contribution in [0.15, 0.2) is 71.6 Å². The zero-order valence-corrected chi connectivity index (χ0v) is 20.8. The van der Waals surface area contributed by atoms with E-state index in [1.807, 2.05) is 25.1 Å². The maximum absolute atomic E-state index is 13.4. The largest absolute Gasteiger partial charge is 0.493 e. The minimum Gasteiger partial charge on any atom is -0.493 e. The molecule has 0 heterocycles. The number of rotatable bonds is 10. The SMILES string of the molecule is COc1ccc(CCNC(=O)CN(c2cccc(C)c2)S(=O)(=O)c2ccc(Cl)cc2)cc1OC. The molecule has 1 N–H and O–H groups in total. The number of nitrogens with one attached hydrogen (secondary N) is 1. The molecular formula is C25H27ClN2O5S. The van der Waals surface area contributed by atoms with Crippen LogP contribution in [0, 0.1) is 6.92 Å². The van der Waals surface area contributed by atoms with Crippen LogP contribution in [0.5, 0.6) is 11.5 Å². The van der Waals surface area contributed by atoms with E-state index >= 15 is 0 Å². The number of hydrogen-bond acceptors (Lipinski definition) is 5. The minimum atomic E-state index is -3.99. The quantitative estimate of drug-likeness (QED) is 0.448. The van der Waals surface area contributed by atoms with Crippen LogP contribution in [0.2, 0.25) is 5.02 Å². The molecule has 3 aromatic carbocycles. The van der Waals surface area contributed by atoms with Crippen molar-refractivity contribution < 1.29 is 22.7 Å². The van der Waals surface area contributed by atoms with E-state index in [1.165, 1.54) is 24.3 Å². The standard InChI is InChI=1S/C25H27ClN2O5S/c1-18-5-4-6-21(15-18)28(34(30,31)22-10-8-20(26)9-11-22)17-25(29)27-14-13-19-7-12-23(32-2)24(16-19)33-3/h4-12,15-16H,13-14,17H2,1-3H3,(H,27,29). The van der Waals surface area contributed by atoms with Crippen molar-refractivity contribution in [1.29, 1.82) is 0 Å². The number of halogens is 1. The summed E-state index contributed by atoms with van der Waals surface area (Å²) in [7, 11) is -0.868. The van der Waals surface area contributed by atoms with Crippen molar-refractivity contribution in [2.24, 2.45) is 0 Å². The van der Waals surface area contributed by atoms with Crippen molar-refractivity contribution in [2.45, 2.75) is 18.2 Å². The lowest BCUT2D eigenvalue weighted by molar-refractivity contribution is -0.119. The number of nitrogens with zero attached hydrogens (tertiary/aromatic N) is 1. The van der Waals surface area contributed by atoms with Crippen LogP contribution in [0.4, 0.5) is 5.69 Å². The highest BCUT2D eigenvalue weighted by Gasteiger charge is 2.27. The summed E-state index contributed by atoms with van der Waals surface area (Å²) in [6.07, 6.45) is 0.542. The highest BCUT2D eigenvalue weighted by atomic mass is 35.5. The number of anilines is 1. The Morgan fingerprint density at radius 1 is 0.971 bits per heavy atom. The Hall–Kier alpha value is -3.23. The van der Waals surface area contributed by atoms with Crippen LogP contribution >= 0.6 is 11.6 Å². The molecule has 0 saturated heterocycles. The van der Waals surface area contributed by atoms with E-state index in [2.05, 4.69) is 5.32 Å². The molecule has 1 amide bonds. The monoisotopic (exact) mass is 502 g/mol. The first-order valence-corrected chi connectivity index (χ1v) is 12.4. The molecule has 9 heteroatoms. The number of benzene rings is 3. The molecule has 3 rings (SSSR count). The number of sulfonamides is 1. The van der Waals surface area contributed by atoms with Crippen LogP contribution in [-0.2, 0) is 21.2 Å². The van der Waals surface area contributed by atoms with Gasteiger partial charge < -0.3 is 14.8 Å². The first-order valence-electron chi connectivity index (χ1n) is 10.6. The van der Waals surface area contributed by atoms with Gasteiger partial charge in [-0.2, -0.15) is 0 Å². The van der Waals surface area contributed by atoms with Crippen LogP contribution in [-0.4, -0.2) is 41.6 Å². The fourth-order valence-electron chi connectivity index (χ4n) is 3.40. The Labute approximate surface area is 205 Å². The Balaban J connectivity index is 1.75. The summed E-state index contributed by atoms with van der Waals surface area (Å²) in [4.78, 5) is 12.8. The van der Waals surface area contributed by atoms with Gasteiger partial charge in [0.2, 0.25) is 5.91 Å². The second-order valence-electron chi connectivity index (χ2n) is 7.59. The molecular weight excluding hydrogens is 476 g/mol. The van der Waals surface area contributed by atoms with Crippen molar-refractivity contribution in [2.75, 3.05) is 31.6 Å². The normalized spacial score (nSPS) is 11.1. The third kappa shape index (κ3) is 6.21. The van der Waals surface area contributed by atoms with Gasteiger partial charge >= 0.3 is 0 Å². The molecule has 0 aliphatic carbocycles. The molecule has 0 aromatic heterocycles. The van der Waals surface area contributed by atoms with Gasteiger partial charge in [0.05, 0.1) is 24.8 Å². The summed E-state index contributed by atoms with van der Waals surface area (Å²) in [6.45, 7) is 1.83. The van der Waals surface area contributed by atoms with E-state index < -0.39 is 15.9 Å². The Morgan fingerprint density at radius 2 is 1.68 bits per heavy atom. The fourth-order valence-corrected chi connectivity index (χ4v) is 4.94. The molecule has 180 valence electrons. The number of ether oxygens (including phenoxy) is 2. The number of methoxy groups -OCH3 is 2. The fraction of sp³-hybridized carbons (Fsp3) is 0.240. The van der Waals surface area contributed by atoms with Gasteiger partial charge in [0.25, 0.3) is 10.0 Å². The summed E-state index contributed by atoms with van der Waals surface area (Å²) in [5.74, 6) is 0.807. The number of carbonyl (C=O) groups is 1. The van der Waals surface area contributed by atoms with E-state index in [4.69, 9.17) is 21.1 Å². The number of aryl methyl sites for hydroxylation is 1. The third-order valence-corrected chi connectivity index (χ3v) is 7.20. The second kappa shape index (κ2) is 11.3. The van der Waals surface area contributed by atoms with E-state index in [0.29, 0.717) is 35.2 Å². The highest BCUT2D eigenvalue weighted by molar-refractivity contribution is 7.92. The molecule has 0 radical (unpaired) electrons. The van der Waals surface area contributed by atoms with Crippen molar-refractivity contribution in [3.05, 3.63) is 82.9 Å². The summed E-state index contributed by atoms with van der Waals surface area (Å²) < 4.78 is 38.4. The predicted molar refractivity (Wildman–Crippen MR) is 133 cm³/mol. The molecule has 3 aromatic rings. The lowest BCUT2D eigenvalue weighted by Gasteiger charge is -2.24. The van der Waals surface area contributed by atoms with Gasteiger partial charge in [-0.15, -0.1) is 0 Å². The lowest BCUT2D eigenvalue weighted by Crippen LogP contribution is -2.41. The van der Waals surface area contributed by atoms with Crippen molar-refractivity contribution in [3.63, 3.8) is 0 Å². The summed E-state index contributed by atoms with van der Waals surface area (Å²) >= 11 is 5.92. The van der Waals surface area contributed by atoms with Crippen LogP contribution < -0.4 is 19.1 Å². The van der Waals surface area contributed by atoms with Gasteiger partial charge in [-0.3, -0.25) is 9.10 Å². The second-order valence-corrected chi connectivity index (χ2v) is 9.89. The molecule has 0 fully saturated rings. The zero-order chi connectivity index (χ0) is 24.7. The zero-order valence-electron chi connectivity index (χ0n) is 19.2. The summed E-state index contributed by atoms with van der Waals surface area (Å²) in [5.41, 5.74) is 2.23. The molecule has 7 nitrogen and oxygen atoms in total. The van der Waals surface area contributed by atoms with Crippen molar-refractivity contribution >= 4 is 33.2 Å². The Bertz CT molecular complexity index is 1250. The Kier molecular flexibility index (Phi) is 8.41. The number of hydrogen-bond donors (Lipinski definition) is 1. The van der Waals surface area contributed by atoms with Gasteiger partial charge in [-0.05, 0) is 73.0 Å². The molecule has 0 atom stereocenters. The van der Waals surface area contributed by atoms with Crippen molar-refractivity contribution in [3.8, 4) is 11.5 Å². The van der Waals surface area contributed by atoms with Crippen LogP contribution in [0.3, 0.4) is 0 Å². The van der Waals surface area contributed by atoms with Gasteiger partial charge in [0.1, 0.15) is 6.54 Å². The maximum Gasteiger partial charge on any atom is 0.264 e. The Morgan fingerprint density at radius 3 is 2.32 bits per heavy atom.